The van der Waals surface area contributed by atoms with E-state index in [4.69, 9.17) is 0 Å². The van der Waals surface area contributed by atoms with Gasteiger partial charge in [-0.3, -0.25) is 9.78 Å². The summed E-state index contributed by atoms with van der Waals surface area (Å²) in [6.45, 7) is 18.9. The Morgan fingerprint density at radius 1 is 0.809 bits per heavy atom. The van der Waals surface area contributed by atoms with Crippen molar-refractivity contribution < 1.29 is 30.0 Å². The predicted molar refractivity (Wildman–Crippen MR) is 198 cm³/mol. The molecule has 2 aromatic carbocycles. The molecule has 47 heavy (non-hydrogen) atoms. The molecule has 0 bridgehead atoms. The average Bonchev–Trinajstić information content (AvgIpc) is 3.53. The van der Waals surface area contributed by atoms with Crippen molar-refractivity contribution in [3.8, 4) is 31.5 Å². The number of benzene rings is 2. The number of nitrogens with zero attached hydrogens (tertiary/aromatic N) is 2. The van der Waals surface area contributed by atoms with Gasteiger partial charge >= 0.3 is 0 Å². The van der Waals surface area contributed by atoms with Gasteiger partial charge in [0.05, 0.1) is 11.3 Å². The maximum absolute atomic E-state index is 11.7. The third-order valence-corrected chi connectivity index (χ3v) is 11.8. The van der Waals surface area contributed by atoms with Gasteiger partial charge < -0.3 is 5.11 Å². The van der Waals surface area contributed by atoms with Crippen LogP contribution in [0.5, 0.6) is 0 Å². The van der Waals surface area contributed by atoms with Crippen molar-refractivity contribution in [1.29, 1.82) is 0 Å². The number of rotatable bonds is 10. The number of allylic oxidation sites excluding steroid dienone is 2. The largest absolute Gasteiger partial charge is 0.512 e. The van der Waals surface area contributed by atoms with Crippen molar-refractivity contribution in [3.05, 3.63) is 94.5 Å². The molecule has 0 atom stereocenters. The molecule has 0 aliphatic rings. The second-order valence-corrected chi connectivity index (χ2v) is 14.1. The zero-order valence-electron chi connectivity index (χ0n) is 29.1. The van der Waals surface area contributed by atoms with Gasteiger partial charge in [-0.25, -0.2) is 4.98 Å². The fourth-order valence-corrected chi connectivity index (χ4v) is 8.74. The molecule has 0 fully saturated rings. The van der Waals surface area contributed by atoms with E-state index in [0.29, 0.717) is 0 Å². The number of fused-ring (bicyclic) bond motifs is 1. The number of hydrogen-bond acceptors (Lipinski definition) is 6. The number of aryl methyl sites for hydroxylation is 3. The van der Waals surface area contributed by atoms with Gasteiger partial charge in [-0.1, -0.05) is 71.9 Å². The maximum atomic E-state index is 11.7. The number of aromatic nitrogens is 2. The molecule has 3 heterocycles. The van der Waals surface area contributed by atoms with Crippen LogP contribution in [-0.2, 0) is 24.9 Å². The summed E-state index contributed by atoms with van der Waals surface area (Å²) in [6.07, 6.45) is 6.60. The second kappa shape index (κ2) is 17.4. The molecule has 1 radical (unpaired) electrons. The van der Waals surface area contributed by atoms with Crippen LogP contribution in [-0.4, -0.2) is 20.9 Å². The third-order valence-electron chi connectivity index (χ3n) is 8.88. The molecule has 0 spiro atoms. The van der Waals surface area contributed by atoms with E-state index in [0.717, 1.165) is 52.7 Å². The van der Waals surface area contributed by atoms with E-state index < -0.39 is 0 Å². The van der Waals surface area contributed by atoms with Gasteiger partial charge in [0, 0.05) is 63.0 Å². The van der Waals surface area contributed by atoms with Crippen LogP contribution in [0.15, 0.2) is 60.6 Å². The summed E-state index contributed by atoms with van der Waals surface area (Å²) in [5, 5.41) is 9.76. The number of thiophene rings is 2. The van der Waals surface area contributed by atoms with E-state index >= 15 is 0 Å². The number of hydrogen-bond donors (Lipinski definition) is 1. The Hall–Kier alpha value is -2.96. The Morgan fingerprint density at radius 3 is 2.00 bits per heavy atom. The van der Waals surface area contributed by atoms with E-state index in [1.165, 1.54) is 48.5 Å². The van der Waals surface area contributed by atoms with Crippen LogP contribution in [0.25, 0.3) is 41.7 Å². The SMILES string of the molecule is CCC(CC)C(=O)/C=C(\O)C(CC)CC.Cc1[c-]c(-c2ncnc3c(C)c(-c4sc(-c5ccccc5)c(C)c4C)sc23)cc(C)c1.[Ir]. The standard InChI is InChI=1S/C27H23N2S2.C13H24O2.Ir/c1-15-11-16(2)13-21(12-15)23-27-22(28-14-29-23)19(5)26(31-27)25-18(4)17(3)24(30-25)20-9-7-6-8-10-20;1-5-10(6-2)12(14)9-13(15)11(7-3)8-4;/h6-12,14H,1-5H3;9-11,14H,5-8H2,1-4H3;/q-1;;/b;12-9-;. The van der Waals surface area contributed by atoms with Gasteiger partial charge in [0.2, 0.25) is 0 Å². The van der Waals surface area contributed by atoms with Crippen molar-refractivity contribution in [3.63, 3.8) is 0 Å². The normalized spacial score (nSPS) is 11.5. The third kappa shape index (κ3) is 8.75. The van der Waals surface area contributed by atoms with E-state index in [-0.39, 0.29) is 43.5 Å². The van der Waals surface area contributed by atoms with Crippen LogP contribution >= 0.6 is 22.7 Å². The summed E-state index contributed by atoms with van der Waals surface area (Å²) in [6, 6.07) is 18.5. The minimum atomic E-state index is 0. The van der Waals surface area contributed by atoms with Crippen molar-refractivity contribution >= 4 is 38.7 Å². The van der Waals surface area contributed by atoms with Gasteiger partial charge in [-0.2, -0.15) is 0 Å². The molecule has 5 aromatic rings. The number of carbonyl (C=O) groups excluding carboxylic acids is 1. The minimum absolute atomic E-state index is 0. The predicted octanol–water partition coefficient (Wildman–Crippen LogP) is 12.0. The molecule has 251 valence electrons. The van der Waals surface area contributed by atoms with Gasteiger partial charge in [0.25, 0.3) is 0 Å². The Labute approximate surface area is 302 Å². The van der Waals surface area contributed by atoms with Crippen LogP contribution in [0.2, 0.25) is 0 Å². The number of aliphatic hydroxyl groups excluding tert-OH is 1. The molecule has 1 N–H and O–H groups in total. The monoisotopic (exact) mass is 844 g/mol. The van der Waals surface area contributed by atoms with Crippen LogP contribution in [0.3, 0.4) is 0 Å². The molecular formula is C40H47IrN2O2S2-. The van der Waals surface area contributed by atoms with Gasteiger partial charge in [-0.15, -0.1) is 57.6 Å². The fourth-order valence-electron chi connectivity index (χ4n) is 5.91. The van der Waals surface area contributed by atoms with Gasteiger partial charge in [0.1, 0.15) is 6.33 Å². The van der Waals surface area contributed by atoms with Gasteiger partial charge in [-0.05, 0) is 68.7 Å². The second-order valence-electron chi connectivity index (χ2n) is 12.1. The Balaban J connectivity index is 0.000000322. The summed E-state index contributed by atoms with van der Waals surface area (Å²) < 4.78 is 1.14. The van der Waals surface area contributed by atoms with Crippen LogP contribution in [0, 0.1) is 52.5 Å². The zero-order valence-corrected chi connectivity index (χ0v) is 33.1. The number of aliphatic hydroxyl groups is 1. The molecule has 7 heteroatoms. The molecule has 0 saturated carbocycles. The van der Waals surface area contributed by atoms with E-state index in [1.54, 1.807) is 17.7 Å². The summed E-state index contributed by atoms with van der Waals surface area (Å²) >= 11 is 3.69. The molecule has 0 amide bonds. The van der Waals surface area contributed by atoms with Crippen molar-refractivity contribution in [2.24, 2.45) is 11.8 Å². The fraction of sp³-hybridized carbons (Fsp3) is 0.375. The van der Waals surface area contributed by atoms with Crippen molar-refractivity contribution in [1.82, 2.24) is 9.97 Å². The van der Waals surface area contributed by atoms with Gasteiger partial charge in [0.15, 0.2) is 5.78 Å². The minimum Gasteiger partial charge on any atom is -0.512 e. The molecule has 0 unspecified atom stereocenters. The van der Waals surface area contributed by atoms with Crippen LogP contribution in [0.1, 0.15) is 81.2 Å². The summed E-state index contributed by atoms with van der Waals surface area (Å²) in [7, 11) is 0. The summed E-state index contributed by atoms with van der Waals surface area (Å²) in [5.74, 6) is 0.547. The Bertz CT molecular complexity index is 1810. The zero-order chi connectivity index (χ0) is 33.5. The first-order valence-electron chi connectivity index (χ1n) is 16.4. The Kier molecular flexibility index (Phi) is 14.3. The number of carbonyl (C=O) groups is 1. The quantitative estimate of drug-likeness (QED) is 0.0864. The molecule has 3 aromatic heterocycles. The van der Waals surface area contributed by atoms with Crippen LogP contribution < -0.4 is 0 Å². The maximum Gasteiger partial charge on any atom is 0.162 e. The van der Waals surface area contributed by atoms with Crippen LogP contribution in [0.4, 0.5) is 0 Å². The van der Waals surface area contributed by atoms with E-state index in [9.17, 15) is 9.90 Å². The average molecular weight is 844 g/mol. The first kappa shape index (κ1) is 38.5. The molecule has 0 aliphatic heterocycles. The summed E-state index contributed by atoms with van der Waals surface area (Å²) in [5.41, 5.74) is 10.6. The Morgan fingerprint density at radius 2 is 1.40 bits per heavy atom. The summed E-state index contributed by atoms with van der Waals surface area (Å²) in [4.78, 5) is 25.0. The van der Waals surface area contributed by atoms with Crippen molar-refractivity contribution in [2.75, 3.05) is 0 Å². The molecular weight excluding hydrogens is 797 g/mol. The molecule has 5 rings (SSSR count). The van der Waals surface area contributed by atoms with E-state index in [2.05, 4.69) is 93.1 Å². The molecule has 4 nitrogen and oxygen atoms in total. The smallest absolute Gasteiger partial charge is 0.162 e. The van der Waals surface area contributed by atoms with E-state index in [1.807, 2.05) is 39.0 Å². The first-order valence-corrected chi connectivity index (χ1v) is 18.0. The number of ketones is 1. The first-order chi connectivity index (χ1) is 22.0. The van der Waals surface area contributed by atoms with Crippen molar-refractivity contribution in [2.45, 2.75) is 88.0 Å². The molecule has 0 aliphatic carbocycles. The molecule has 0 saturated heterocycles. The topological polar surface area (TPSA) is 63.1 Å².